The molecule has 94 valence electrons. The zero-order chi connectivity index (χ0) is 13.1. The van der Waals surface area contributed by atoms with E-state index in [1.54, 1.807) is 6.07 Å². The lowest BCUT2D eigenvalue weighted by Crippen LogP contribution is -2.04. The minimum Gasteiger partial charge on any atom is -0.388 e. The van der Waals surface area contributed by atoms with E-state index in [0.717, 1.165) is 10.0 Å². The molecule has 2 rings (SSSR count). The second-order valence-corrected chi connectivity index (χ2v) is 5.37. The van der Waals surface area contributed by atoms with E-state index in [2.05, 4.69) is 15.9 Å². The molecule has 0 aliphatic heterocycles. The first kappa shape index (κ1) is 13.5. The van der Waals surface area contributed by atoms with E-state index >= 15 is 0 Å². The summed E-state index contributed by atoms with van der Waals surface area (Å²) in [6, 6.07) is 11.9. The van der Waals surface area contributed by atoms with Crippen molar-refractivity contribution in [2.24, 2.45) is 0 Å². The van der Waals surface area contributed by atoms with Crippen molar-refractivity contribution in [3.63, 3.8) is 0 Å². The standard InChI is InChI=1S/C14H11BrClFO/c15-10-3-1-2-9(6-10)7-14(18)12-5-4-11(16)8-13(12)17/h1-6,8,14,18H,7H2. The van der Waals surface area contributed by atoms with Gasteiger partial charge in [-0.2, -0.15) is 0 Å². The molecule has 2 aromatic rings. The average molecular weight is 330 g/mol. The molecule has 2 aromatic carbocycles. The summed E-state index contributed by atoms with van der Waals surface area (Å²) < 4.78 is 14.6. The van der Waals surface area contributed by atoms with E-state index in [1.165, 1.54) is 12.1 Å². The minimum absolute atomic E-state index is 0.263. The Balaban J connectivity index is 2.19. The van der Waals surface area contributed by atoms with Gasteiger partial charge in [0, 0.05) is 21.5 Å². The van der Waals surface area contributed by atoms with Crippen molar-refractivity contribution >= 4 is 27.5 Å². The first-order chi connectivity index (χ1) is 8.56. The van der Waals surface area contributed by atoms with Crippen LogP contribution in [0.2, 0.25) is 5.02 Å². The molecule has 0 heterocycles. The van der Waals surface area contributed by atoms with Crippen LogP contribution in [0.1, 0.15) is 17.2 Å². The Morgan fingerprint density at radius 2 is 2.00 bits per heavy atom. The molecular formula is C14H11BrClFO. The topological polar surface area (TPSA) is 20.2 Å². The van der Waals surface area contributed by atoms with Crippen molar-refractivity contribution in [1.82, 2.24) is 0 Å². The monoisotopic (exact) mass is 328 g/mol. The van der Waals surface area contributed by atoms with Crippen LogP contribution in [0, 0.1) is 5.82 Å². The first-order valence-electron chi connectivity index (χ1n) is 5.44. The number of benzene rings is 2. The van der Waals surface area contributed by atoms with Gasteiger partial charge in [0.1, 0.15) is 5.82 Å². The van der Waals surface area contributed by atoms with Gasteiger partial charge < -0.3 is 5.11 Å². The van der Waals surface area contributed by atoms with Crippen LogP contribution >= 0.6 is 27.5 Å². The highest BCUT2D eigenvalue weighted by Crippen LogP contribution is 2.24. The Hall–Kier alpha value is -0.900. The number of hydrogen-bond acceptors (Lipinski definition) is 1. The highest BCUT2D eigenvalue weighted by Gasteiger charge is 2.13. The number of aliphatic hydroxyl groups is 1. The van der Waals surface area contributed by atoms with E-state index in [-0.39, 0.29) is 5.56 Å². The lowest BCUT2D eigenvalue weighted by molar-refractivity contribution is 0.173. The molecule has 0 fully saturated rings. The molecule has 0 aliphatic carbocycles. The van der Waals surface area contributed by atoms with Gasteiger partial charge in [0.2, 0.25) is 0 Å². The molecule has 0 amide bonds. The van der Waals surface area contributed by atoms with Gasteiger partial charge in [-0.1, -0.05) is 45.7 Å². The van der Waals surface area contributed by atoms with Gasteiger partial charge in [-0.3, -0.25) is 0 Å². The van der Waals surface area contributed by atoms with Gasteiger partial charge in [-0.15, -0.1) is 0 Å². The Morgan fingerprint density at radius 1 is 1.22 bits per heavy atom. The summed E-state index contributed by atoms with van der Waals surface area (Å²) in [4.78, 5) is 0. The van der Waals surface area contributed by atoms with Crippen LogP contribution in [-0.4, -0.2) is 5.11 Å². The summed E-state index contributed by atoms with van der Waals surface area (Å²) in [6.45, 7) is 0. The Labute approximate surface area is 118 Å². The number of halogens is 3. The predicted octanol–water partition coefficient (Wildman–Crippen LogP) is 4.52. The molecule has 0 saturated carbocycles. The van der Waals surface area contributed by atoms with E-state index in [1.807, 2.05) is 24.3 Å². The van der Waals surface area contributed by atoms with Gasteiger partial charge in [0.05, 0.1) is 6.10 Å². The highest BCUT2D eigenvalue weighted by molar-refractivity contribution is 9.10. The molecule has 0 aliphatic rings. The number of aliphatic hydroxyl groups excluding tert-OH is 1. The molecule has 0 radical (unpaired) electrons. The van der Waals surface area contributed by atoms with Crippen LogP contribution in [-0.2, 0) is 6.42 Å². The molecule has 0 spiro atoms. The van der Waals surface area contributed by atoms with E-state index < -0.39 is 11.9 Å². The van der Waals surface area contributed by atoms with Gasteiger partial charge >= 0.3 is 0 Å². The molecule has 0 aromatic heterocycles. The van der Waals surface area contributed by atoms with Gasteiger partial charge in [0.15, 0.2) is 0 Å². The SMILES string of the molecule is OC(Cc1cccc(Br)c1)c1ccc(Cl)cc1F. The molecule has 1 nitrogen and oxygen atoms in total. The maximum atomic E-state index is 13.6. The predicted molar refractivity (Wildman–Crippen MR) is 74.2 cm³/mol. The van der Waals surface area contributed by atoms with Crippen molar-refractivity contribution in [2.45, 2.75) is 12.5 Å². The van der Waals surface area contributed by atoms with Crippen LogP contribution in [0.4, 0.5) is 4.39 Å². The second-order valence-electron chi connectivity index (χ2n) is 4.02. The fourth-order valence-corrected chi connectivity index (χ4v) is 2.37. The third kappa shape index (κ3) is 3.31. The summed E-state index contributed by atoms with van der Waals surface area (Å²) in [5, 5.41) is 10.4. The third-order valence-electron chi connectivity index (χ3n) is 2.64. The van der Waals surface area contributed by atoms with Crippen LogP contribution < -0.4 is 0 Å². The molecule has 1 N–H and O–H groups in total. The normalized spacial score (nSPS) is 12.4. The van der Waals surface area contributed by atoms with Crippen LogP contribution in [0.3, 0.4) is 0 Å². The summed E-state index contributed by atoms with van der Waals surface area (Å²) in [6.07, 6.45) is -0.519. The molecule has 1 unspecified atom stereocenters. The van der Waals surface area contributed by atoms with Gasteiger partial charge in [-0.05, 0) is 29.8 Å². The molecule has 0 saturated heterocycles. The Bertz CT molecular complexity index is 559. The fraction of sp³-hybridized carbons (Fsp3) is 0.143. The smallest absolute Gasteiger partial charge is 0.130 e. The Morgan fingerprint density at radius 3 is 2.67 bits per heavy atom. The van der Waals surface area contributed by atoms with Crippen molar-refractivity contribution in [3.8, 4) is 0 Å². The minimum atomic E-state index is -0.878. The highest BCUT2D eigenvalue weighted by atomic mass is 79.9. The summed E-state index contributed by atoms with van der Waals surface area (Å²) in [7, 11) is 0. The van der Waals surface area contributed by atoms with Crippen LogP contribution in [0.25, 0.3) is 0 Å². The van der Waals surface area contributed by atoms with Crippen molar-refractivity contribution < 1.29 is 9.50 Å². The lowest BCUT2D eigenvalue weighted by Gasteiger charge is -2.12. The quantitative estimate of drug-likeness (QED) is 0.878. The van der Waals surface area contributed by atoms with Crippen LogP contribution in [0.5, 0.6) is 0 Å². The van der Waals surface area contributed by atoms with Gasteiger partial charge in [-0.25, -0.2) is 4.39 Å². The zero-order valence-electron chi connectivity index (χ0n) is 9.41. The van der Waals surface area contributed by atoms with Crippen LogP contribution in [0.15, 0.2) is 46.9 Å². The van der Waals surface area contributed by atoms with Crippen molar-refractivity contribution in [2.75, 3.05) is 0 Å². The third-order valence-corrected chi connectivity index (χ3v) is 3.37. The number of rotatable bonds is 3. The molecule has 18 heavy (non-hydrogen) atoms. The summed E-state index contributed by atoms with van der Waals surface area (Å²) in [5.41, 5.74) is 1.20. The largest absolute Gasteiger partial charge is 0.388 e. The van der Waals surface area contributed by atoms with E-state index in [9.17, 15) is 9.50 Å². The Kier molecular flexibility index (Phi) is 4.38. The fourth-order valence-electron chi connectivity index (χ4n) is 1.77. The lowest BCUT2D eigenvalue weighted by atomic mass is 10.0. The van der Waals surface area contributed by atoms with Crippen molar-refractivity contribution in [3.05, 3.63) is 68.9 Å². The maximum Gasteiger partial charge on any atom is 0.130 e. The molecular weight excluding hydrogens is 319 g/mol. The van der Waals surface area contributed by atoms with Gasteiger partial charge in [0.25, 0.3) is 0 Å². The average Bonchev–Trinajstić information content (AvgIpc) is 2.28. The summed E-state index contributed by atoms with van der Waals surface area (Å²) in [5.74, 6) is -0.481. The van der Waals surface area contributed by atoms with E-state index in [0.29, 0.717) is 11.4 Å². The first-order valence-corrected chi connectivity index (χ1v) is 6.61. The second kappa shape index (κ2) is 5.83. The van der Waals surface area contributed by atoms with E-state index in [4.69, 9.17) is 11.6 Å². The summed E-state index contributed by atoms with van der Waals surface area (Å²) >= 11 is 9.03. The maximum absolute atomic E-state index is 13.6. The molecule has 0 bridgehead atoms. The number of hydrogen-bond donors (Lipinski definition) is 1. The van der Waals surface area contributed by atoms with Crippen molar-refractivity contribution in [1.29, 1.82) is 0 Å². The zero-order valence-corrected chi connectivity index (χ0v) is 11.7. The molecule has 4 heteroatoms. The molecule has 1 atom stereocenters.